The second-order valence-electron chi connectivity index (χ2n) is 4.74. The SMILES string of the molecule is O=C(Cc1cccc(Br)c1)Nc1n[nH]c2c1CCC2. The summed E-state index contributed by atoms with van der Waals surface area (Å²) >= 11 is 3.40. The van der Waals surface area contributed by atoms with Crippen LogP contribution in [-0.4, -0.2) is 16.1 Å². The highest BCUT2D eigenvalue weighted by atomic mass is 79.9. The van der Waals surface area contributed by atoms with E-state index in [9.17, 15) is 4.79 Å². The quantitative estimate of drug-likeness (QED) is 0.914. The highest BCUT2D eigenvalue weighted by molar-refractivity contribution is 9.10. The van der Waals surface area contributed by atoms with Crippen molar-refractivity contribution in [1.29, 1.82) is 0 Å². The Kier molecular flexibility index (Phi) is 3.38. The predicted octanol–water partition coefficient (Wildman–Crippen LogP) is 2.84. The number of carbonyl (C=O) groups is 1. The molecule has 1 aliphatic carbocycles. The predicted molar refractivity (Wildman–Crippen MR) is 77.1 cm³/mol. The van der Waals surface area contributed by atoms with Crippen molar-refractivity contribution in [3.63, 3.8) is 0 Å². The first-order valence-electron chi connectivity index (χ1n) is 6.33. The van der Waals surface area contributed by atoms with Crippen LogP contribution in [0.2, 0.25) is 0 Å². The molecule has 2 N–H and O–H groups in total. The van der Waals surface area contributed by atoms with Gasteiger partial charge < -0.3 is 5.32 Å². The maximum atomic E-state index is 12.0. The number of rotatable bonds is 3. The number of benzene rings is 1. The molecule has 1 amide bonds. The molecule has 2 aromatic rings. The lowest BCUT2D eigenvalue weighted by Crippen LogP contribution is -2.15. The minimum Gasteiger partial charge on any atom is -0.309 e. The summed E-state index contributed by atoms with van der Waals surface area (Å²) in [5.74, 6) is 0.673. The average molecular weight is 320 g/mol. The number of anilines is 1. The molecule has 1 heterocycles. The summed E-state index contributed by atoms with van der Waals surface area (Å²) in [5.41, 5.74) is 3.32. The van der Waals surface area contributed by atoms with Gasteiger partial charge in [-0.05, 0) is 37.0 Å². The Hall–Kier alpha value is -1.62. The van der Waals surface area contributed by atoms with Gasteiger partial charge in [0.15, 0.2) is 5.82 Å². The van der Waals surface area contributed by atoms with E-state index in [1.165, 1.54) is 5.56 Å². The maximum absolute atomic E-state index is 12.0. The van der Waals surface area contributed by atoms with Crippen LogP contribution in [0.4, 0.5) is 5.82 Å². The molecule has 5 heteroatoms. The van der Waals surface area contributed by atoms with Crippen molar-refractivity contribution >= 4 is 27.7 Å². The third-order valence-electron chi connectivity index (χ3n) is 3.32. The maximum Gasteiger partial charge on any atom is 0.230 e. The summed E-state index contributed by atoms with van der Waals surface area (Å²) in [6.45, 7) is 0. The van der Waals surface area contributed by atoms with Crippen molar-refractivity contribution in [1.82, 2.24) is 10.2 Å². The molecule has 0 aliphatic heterocycles. The molecule has 4 nitrogen and oxygen atoms in total. The van der Waals surface area contributed by atoms with Crippen molar-refractivity contribution in [3.8, 4) is 0 Å². The fourth-order valence-electron chi connectivity index (χ4n) is 2.43. The van der Waals surface area contributed by atoms with Crippen LogP contribution >= 0.6 is 15.9 Å². The van der Waals surface area contributed by atoms with Crippen molar-refractivity contribution in [2.24, 2.45) is 0 Å². The van der Waals surface area contributed by atoms with Crippen LogP contribution in [-0.2, 0) is 24.1 Å². The Bertz CT molecular complexity index is 621. The molecule has 0 saturated heterocycles. The zero-order valence-corrected chi connectivity index (χ0v) is 12.0. The number of fused-ring (bicyclic) bond motifs is 1. The van der Waals surface area contributed by atoms with Crippen LogP contribution in [0.5, 0.6) is 0 Å². The summed E-state index contributed by atoms with van der Waals surface area (Å²) in [6, 6.07) is 7.77. The first-order chi connectivity index (χ1) is 9.22. The summed E-state index contributed by atoms with van der Waals surface area (Å²) in [5, 5.41) is 10.1. The average Bonchev–Trinajstić information content (AvgIpc) is 2.94. The first-order valence-corrected chi connectivity index (χ1v) is 7.12. The van der Waals surface area contributed by atoms with Gasteiger partial charge >= 0.3 is 0 Å². The molecular weight excluding hydrogens is 306 g/mol. The van der Waals surface area contributed by atoms with Crippen LogP contribution in [0.3, 0.4) is 0 Å². The van der Waals surface area contributed by atoms with E-state index in [1.807, 2.05) is 24.3 Å². The number of H-pyrrole nitrogens is 1. The fourth-order valence-corrected chi connectivity index (χ4v) is 2.88. The Morgan fingerprint density at radius 2 is 2.32 bits per heavy atom. The molecule has 19 heavy (non-hydrogen) atoms. The molecule has 0 spiro atoms. The molecule has 1 aromatic carbocycles. The van der Waals surface area contributed by atoms with Crippen molar-refractivity contribution < 1.29 is 4.79 Å². The number of aryl methyl sites for hydroxylation is 1. The topological polar surface area (TPSA) is 57.8 Å². The number of amides is 1. The van der Waals surface area contributed by atoms with Gasteiger partial charge in [0, 0.05) is 15.7 Å². The van der Waals surface area contributed by atoms with Crippen LogP contribution in [0.15, 0.2) is 28.7 Å². The van der Waals surface area contributed by atoms with Gasteiger partial charge in [-0.25, -0.2) is 0 Å². The molecule has 0 saturated carbocycles. The highest BCUT2D eigenvalue weighted by Crippen LogP contribution is 2.26. The number of aromatic amines is 1. The molecule has 3 rings (SSSR count). The first kappa shape index (κ1) is 12.4. The van der Waals surface area contributed by atoms with Crippen molar-refractivity contribution in [2.45, 2.75) is 25.7 Å². The lowest BCUT2D eigenvalue weighted by atomic mass is 10.1. The summed E-state index contributed by atoms with van der Waals surface area (Å²) in [4.78, 5) is 12.0. The summed E-state index contributed by atoms with van der Waals surface area (Å²) in [7, 11) is 0. The Morgan fingerprint density at radius 1 is 1.42 bits per heavy atom. The Balaban J connectivity index is 1.68. The molecular formula is C14H14BrN3O. The normalized spacial score (nSPS) is 13.3. The van der Waals surface area contributed by atoms with E-state index < -0.39 is 0 Å². The summed E-state index contributed by atoms with van der Waals surface area (Å²) < 4.78 is 0.985. The highest BCUT2D eigenvalue weighted by Gasteiger charge is 2.19. The van der Waals surface area contributed by atoms with E-state index in [2.05, 4.69) is 31.4 Å². The number of halogens is 1. The van der Waals surface area contributed by atoms with Crippen LogP contribution in [0.1, 0.15) is 23.2 Å². The zero-order chi connectivity index (χ0) is 13.2. The Morgan fingerprint density at radius 3 is 3.16 bits per heavy atom. The molecule has 0 unspecified atom stereocenters. The number of aromatic nitrogens is 2. The van der Waals surface area contributed by atoms with Gasteiger partial charge in [0.1, 0.15) is 0 Å². The second kappa shape index (κ2) is 5.17. The molecule has 1 aliphatic rings. The lowest BCUT2D eigenvalue weighted by molar-refractivity contribution is -0.115. The van der Waals surface area contributed by atoms with E-state index in [0.29, 0.717) is 12.2 Å². The van der Waals surface area contributed by atoms with E-state index in [1.54, 1.807) is 0 Å². The van der Waals surface area contributed by atoms with E-state index in [0.717, 1.165) is 35.0 Å². The fraction of sp³-hybridized carbons (Fsp3) is 0.286. The van der Waals surface area contributed by atoms with Crippen LogP contribution < -0.4 is 5.32 Å². The van der Waals surface area contributed by atoms with E-state index in [4.69, 9.17) is 0 Å². The Labute approximate surface area is 119 Å². The summed E-state index contributed by atoms with van der Waals surface area (Å²) in [6.07, 6.45) is 3.53. The molecule has 0 atom stereocenters. The van der Waals surface area contributed by atoms with Gasteiger partial charge in [0.05, 0.1) is 6.42 Å². The van der Waals surface area contributed by atoms with E-state index >= 15 is 0 Å². The number of nitrogens with zero attached hydrogens (tertiary/aromatic N) is 1. The van der Waals surface area contributed by atoms with E-state index in [-0.39, 0.29) is 5.91 Å². The number of nitrogens with one attached hydrogen (secondary N) is 2. The smallest absolute Gasteiger partial charge is 0.230 e. The van der Waals surface area contributed by atoms with Crippen LogP contribution in [0, 0.1) is 0 Å². The zero-order valence-electron chi connectivity index (χ0n) is 10.4. The minimum atomic E-state index is -0.0284. The third kappa shape index (κ3) is 2.71. The molecule has 0 bridgehead atoms. The van der Waals surface area contributed by atoms with Gasteiger partial charge in [-0.3, -0.25) is 9.89 Å². The lowest BCUT2D eigenvalue weighted by Gasteiger charge is -2.04. The number of hydrogen-bond acceptors (Lipinski definition) is 2. The van der Waals surface area contributed by atoms with Crippen LogP contribution in [0.25, 0.3) is 0 Å². The molecule has 0 radical (unpaired) electrons. The van der Waals surface area contributed by atoms with Gasteiger partial charge in [-0.15, -0.1) is 0 Å². The number of carbonyl (C=O) groups excluding carboxylic acids is 1. The third-order valence-corrected chi connectivity index (χ3v) is 3.81. The van der Waals surface area contributed by atoms with Crippen molar-refractivity contribution in [2.75, 3.05) is 5.32 Å². The number of hydrogen-bond donors (Lipinski definition) is 2. The minimum absolute atomic E-state index is 0.0284. The van der Waals surface area contributed by atoms with Gasteiger partial charge in [-0.2, -0.15) is 5.10 Å². The molecule has 0 fully saturated rings. The standard InChI is InChI=1S/C14H14BrN3O/c15-10-4-1-3-9(7-10)8-13(19)16-14-11-5-2-6-12(11)17-18-14/h1,3-4,7H,2,5-6,8H2,(H2,16,17,18,19). The van der Waals surface area contributed by atoms with Gasteiger partial charge in [0.2, 0.25) is 5.91 Å². The van der Waals surface area contributed by atoms with Gasteiger partial charge in [-0.1, -0.05) is 28.1 Å². The monoisotopic (exact) mass is 319 g/mol. The van der Waals surface area contributed by atoms with Crippen molar-refractivity contribution in [3.05, 3.63) is 45.6 Å². The molecule has 1 aromatic heterocycles. The largest absolute Gasteiger partial charge is 0.309 e. The molecule has 98 valence electrons. The second-order valence-corrected chi connectivity index (χ2v) is 5.65. The van der Waals surface area contributed by atoms with Gasteiger partial charge in [0.25, 0.3) is 0 Å².